The van der Waals surface area contributed by atoms with Gasteiger partial charge in [-0.05, 0) is 36.6 Å². The van der Waals surface area contributed by atoms with Gasteiger partial charge in [-0.25, -0.2) is 4.98 Å². The number of amides is 1. The van der Waals surface area contributed by atoms with Crippen molar-refractivity contribution in [3.8, 4) is 5.69 Å². The summed E-state index contributed by atoms with van der Waals surface area (Å²) in [4.78, 5) is 16.4. The van der Waals surface area contributed by atoms with Gasteiger partial charge in [0.05, 0.1) is 5.75 Å². The van der Waals surface area contributed by atoms with Crippen LogP contribution in [0.3, 0.4) is 0 Å². The lowest BCUT2D eigenvalue weighted by Gasteiger charge is -2.08. The van der Waals surface area contributed by atoms with Gasteiger partial charge in [0.2, 0.25) is 5.91 Å². The zero-order valence-corrected chi connectivity index (χ0v) is 15.8. The molecule has 134 valence electrons. The molecule has 0 spiro atoms. The zero-order chi connectivity index (χ0) is 18.2. The van der Waals surface area contributed by atoms with Crippen LogP contribution in [-0.4, -0.2) is 27.8 Å². The summed E-state index contributed by atoms with van der Waals surface area (Å²) in [5.74, 6) is 0.354. The number of thioether (sulfide) groups is 1. The van der Waals surface area contributed by atoms with Crippen molar-refractivity contribution in [2.45, 2.75) is 18.0 Å². The van der Waals surface area contributed by atoms with Gasteiger partial charge >= 0.3 is 0 Å². The van der Waals surface area contributed by atoms with Crippen molar-refractivity contribution in [1.29, 1.82) is 0 Å². The van der Waals surface area contributed by atoms with Crippen molar-refractivity contribution in [2.24, 2.45) is 0 Å². The molecule has 3 aromatic rings. The maximum Gasteiger partial charge on any atom is 0.230 e. The standard InChI is InChI=1S/C20H20ClN3OS/c21-17-9-4-10-18(14-17)24-13-12-23-20(24)26-15-19(25)22-11-5-8-16-6-2-1-3-7-16/h1-4,6-7,9-10,12-14H,5,8,11,15H2,(H,22,25). The van der Waals surface area contributed by atoms with Crippen molar-refractivity contribution in [1.82, 2.24) is 14.9 Å². The average Bonchev–Trinajstić information content (AvgIpc) is 3.13. The predicted octanol–water partition coefficient (Wildman–Crippen LogP) is 4.37. The summed E-state index contributed by atoms with van der Waals surface area (Å²) < 4.78 is 1.93. The van der Waals surface area contributed by atoms with Crippen molar-refractivity contribution >= 4 is 29.3 Å². The summed E-state index contributed by atoms with van der Waals surface area (Å²) in [6, 6.07) is 17.8. The van der Waals surface area contributed by atoms with E-state index in [2.05, 4.69) is 22.4 Å². The van der Waals surface area contributed by atoms with Gasteiger partial charge < -0.3 is 5.32 Å². The largest absolute Gasteiger partial charge is 0.355 e. The van der Waals surface area contributed by atoms with E-state index in [0.717, 1.165) is 23.7 Å². The Balaban J connectivity index is 1.44. The zero-order valence-electron chi connectivity index (χ0n) is 14.3. The van der Waals surface area contributed by atoms with E-state index in [1.807, 2.05) is 53.2 Å². The Kier molecular flexibility index (Phi) is 6.75. The Labute approximate surface area is 162 Å². The number of nitrogens with one attached hydrogen (secondary N) is 1. The summed E-state index contributed by atoms with van der Waals surface area (Å²) >= 11 is 7.47. The Bertz CT molecular complexity index is 851. The first-order valence-corrected chi connectivity index (χ1v) is 9.81. The molecule has 1 N–H and O–H groups in total. The summed E-state index contributed by atoms with van der Waals surface area (Å²) in [5.41, 5.74) is 2.22. The monoisotopic (exact) mass is 385 g/mol. The molecule has 0 radical (unpaired) electrons. The van der Waals surface area contributed by atoms with E-state index < -0.39 is 0 Å². The molecule has 0 saturated carbocycles. The summed E-state index contributed by atoms with van der Waals surface area (Å²) in [6.45, 7) is 0.678. The summed E-state index contributed by atoms with van der Waals surface area (Å²) in [7, 11) is 0. The third kappa shape index (κ3) is 5.38. The van der Waals surface area contributed by atoms with Crippen molar-refractivity contribution < 1.29 is 4.79 Å². The van der Waals surface area contributed by atoms with E-state index in [1.165, 1.54) is 17.3 Å². The van der Waals surface area contributed by atoms with Crippen LogP contribution in [0.4, 0.5) is 0 Å². The number of hydrogen-bond acceptors (Lipinski definition) is 3. The predicted molar refractivity (Wildman–Crippen MR) is 107 cm³/mol. The fraction of sp³-hybridized carbons (Fsp3) is 0.200. The number of rotatable bonds is 8. The van der Waals surface area contributed by atoms with E-state index in [4.69, 9.17) is 11.6 Å². The smallest absolute Gasteiger partial charge is 0.230 e. The van der Waals surface area contributed by atoms with E-state index in [-0.39, 0.29) is 5.91 Å². The number of carbonyl (C=O) groups is 1. The lowest BCUT2D eigenvalue weighted by molar-refractivity contribution is -0.118. The minimum atomic E-state index is 0.0173. The van der Waals surface area contributed by atoms with Gasteiger partial charge in [0.25, 0.3) is 0 Å². The van der Waals surface area contributed by atoms with Crippen LogP contribution in [0, 0.1) is 0 Å². The molecule has 6 heteroatoms. The minimum Gasteiger partial charge on any atom is -0.355 e. The maximum atomic E-state index is 12.1. The van der Waals surface area contributed by atoms with Gasteiger partial charge in [0.1, 0.15) is 0 Å². The van der Waals surface area contributed by atoms with Gasteiger partial charge in [0, 0.05) is 29.6 Å². The Morgan fingerprint density at radius 2 is 2.00 bits per heavy atom. The Morgan fingerprint density at radius 1 is 1.15 bits per heavy atom. The van der Waals surface area contributed by atoms with E-state index in [9.17, 15) is 4.79 Å². The Morgan fingerprint density at radius 3 is 2.81 bits per heavy atom. The van der Waals surface area contributed by atoms with Crippen LogP contribution in [-0.2, 0) is 11.2 Å². The first kappa shape index (κ1) is 18.5. The van der Waals surface area contributed by atoms with Crippen LogP contribution in [0.5, 0.6) is 0 Å². The van der Waals surface area contributed by atoms with Crippen LogP contribution < -0.4 is 5.32 Å². The lowest BCUT2D eigenvalue weighted by Crippen LogP contribution is -2.26. The second-order valence-electron chi connectivity index (χ2n) is 5.79. The normalized spacial score (nSPS) is 10.7. The van der Waals surface area contributed by atoms with E-state index in [0.29, 0.717) is 17.3 Å². The minimum absolute atomic E-state index is 0.0173. The molecule has 0 bridgehead atoms. The van der Waals surface area contributed by atoms with E-state index >= 15 is 0 Å². The highest BCUT2D eigenvalue weighted by Crippen LogP contribution is 2.22. The number of aryl methyl sites for hydroxylation is 1. The molecule has 4 nitrogen and oxygen atoms in total. The van der Waals surface area contributed by atoms with Crippen LogP contribution in [0.1, 0.15) is 12.0 Å². The fourth-order valence-electron chi connectivity index (χ4n) is 2.57. The Hall–Kier alpha value is -2.24. The number of aromatic nitrogens is 2. The van der Waals surface area contributed by atoms with Crippen molar-refractivity contribution in [2.75, 3.05) is 12.3 Å². The van der Waals surface area contributed by atoms with Gasteiger partial charge in [-0.1, -0.05) is 59.8 Å². The molecule has 3 rings (SSSR count). The molecular formula is C20H20ClN3OS. The van der Waals surface area contributed by atoms with Crippen molar-refractivity contribution in [3.05, 3.63) is 77.6 Å². The van der Waals surface area contributed by atoms with Crippen LogP contribution in [0.2, 0.25) is 5.02 Å². The number of halogens is 1. The number of hydrogen-bond donors (Lipinski definition) is 1. The molecule has 0 unspecified atom stereocenters. The van der Waals surface area contributed by atoms with Crippen LogP contribution in [0.25, 0.3) is 5.69 Å². The quantitative estimate of drug-likeness (QED) is 0.462. The van der Waals surface area contributed by atoms with Gasteiger partial charge in [-0.15, -0.1) is 0 Å². The second-order valence-corrected chi connectivity index (χ2v) is 7.17. The molecule has 1 aromatic heterocycles. The third-order valence-electron chi connectivity index (χ3n) is 3.83. The molecule has 1 heterocycles. The second kappa shape index (κ2) is 9.46. The van der Waals surface area contributed by atoms with Gasteiger partial charge in [-0.3, -0.25) is 9.36 Å². The SMILES string of the molecule is O=C(CSc1nccn1-c1cccc(Cl)c1)NCCCc1ccccc1. The maximum absolute atomic E-state index is 12.1. The molecule has 26 heavy (non-hydrogen) atoms. The average molecular weight is 386 g/mol. The van der Waals surface area contributed by atoms with Gasteiger partial charge in [0.15, 0.2) is 5.16 Å². The molecule has 0 aliphatic heterocycles. The number of benzene rings is 2. The molecule has 0 atom stereocenters. The summed E-state index contributed by atoms with van der Waals surface area (Å²) in [6.07, 6.45) is 5.48. The molecule has 1 amide bonds. The molecule has 0 aliphatic carbocycles. The summed E-state index contributed by atoms with van der Waals surface area (Å²) in [5, 5.41) is 4.41. The van der Waals surface area contributed by atoms with E-state index in [1.54, 1.807) is 6.20 Å². The molecule has 0 fully saturated rings. The van der Waals surface area contributed by atoms with Crippen molar-refractivity contribution in [3.63, 3.8) is 0 Å². The first-order valence-electron chi connectivity index (χ1n) is 8.45. The molecular weight excluding hydrogens is 366 g/mol. The topological polar surface area (TPSA) is 46.9 Å². The number of imidazole rings is 1. The number of nitrogens with zero attached hydrogens (tertiary/aromatic N) is 2. The lowest BCUT2D eigenvalue weighted by atomic mass is 10.1. The van der Waals surface area contributed by atoms with Crippen LogP contribution in [0.15, 0.2) is 72.1 Å². The van der Waals surface area contributed by atoms with Crippen LogP contribution >= 0.6 is 23.4 Å². The van der Waals surface area contributed by atoms with Gasteiger partial charge in [-0.2, -0.15) is 0 Å². The highest BCUT2D eigenvalue weighted by Gasteiger charge is 2.09. The third-order valence-corrected chi connectivity index (χ3v) is 5.03. The first-order chi connectivity index (χ1) is 12.7. The fourth-order valence-corrected chi connectivity index (χ4v) is 3.55. The highest BCUT2D eigenvalue weighted by atomic mass is 35.5. The molecule has 0 saturated heterocycles. The highest BCUT2D eigenvalue weighted by molar-refractivity contribution is 7.99. The molecule has 2 aromatic carbocycles. The number of carbonyl (C=O) groups excluding carboxylic acids is 1. The molecule has 0 aliphatic rings.